The quantitative estimate of drug-likeness (QED) is 0.641. The Bertz CT molecular complexity index is 788. The lowest BCUT2D eigenvalue weighted by atomic mass is 10.1. The minimum atomic E-state index is -0.250. The van der Waals surface area contributed by atoms with E-state index in [0.717, 1.165) is 62.0 Å². The number of aromatic amines is 1. The summed E-state index contributed by atoms with van der Waals surface area (Å²) in [6, 6.07) is 7.96. The van der Waals surface area contributed by atoms with Crippen LogP contribution in [0.1, 0.15) is 30.1 Å². The third-order valence-corrected chi connectivity index (χ3v) is 4.30. The number of benzene rings is 1. The second-order valence-corrected chi connectivity index (χ2v) is 5.98. The number of rotatable bonds is 2. The van der Waals surface area contributed by atoms with Crippen LogP contribution in [0.2, 0.25) is 0 Å². The summed E-state index contributed by atoms with van der Waals surface area (Å²) in [5.74, 6) is 6.44. The predicted molar refractivity (Wildman–Crippen MR) is 102 cm³/mol. The van der Waals surface area contributed by atoms with Crippen LogP contribution < -0.4 is 0 Å². The highest BCUT2D eigenvalue weighted by molar-refractivity contribution is 6.06. The van der Waals surface area contributed by atoms with Crippen molar-refractivity contribution in [2.45, 2.75) is 19.8 Å². The van der Waals surface area contributed by atoms with E-state index >= 15 is 0 Å². The van der Waals surface area contributed by atoms with E-state index < -0.39 is 0 Å². The summed E-state index contributed by atoms with van der Waals surface area (Å²) >= 11 is 0. The van der Waals surface area contributed by atoms with Crippen molar-refractivity contribution < 1.29 is 14.7 Å². The molecule has 0 unspecified atom stereocenters. The van der Waals surface area contributed by atoms with Gasteiger partial charge in [0.25, 0.3) is 12.4 Å². The Morgan fingerprint density at radius 3 is 2.77 bits per heavy atom. The van der Waals surface area contributed by atoms with Crippen molar-refractivity contribution in [1.82, 2.24) is 14.8 Å². The summed E-state index contributed by atoms with van der Waals surface area (Å²) in [4.78, 5) is 28.7. The zero-order valence-corrected chi connectivity index (χ0v) is 15.1. The molecule has 0 spiro atoms. The Morgan fingerprint density at radius 2 is 2.00 bits per heavy atom. The van der Waals surface area contributed by atoms with Gasteiger partial charge < -0.3 is 15.0 Å². The van der Waals surface area contributed by atoms with Crippen molar-refractivity contribution in [3.05, 3.63) is 36.0 Å². The molecule has 2 aromatic rings. The number of carboxylic acid groups (broad SMARTS) is 1. The lowest BCUT2D eigenvalue weighted by Gasteiger charge is -2.20. The van der Waals surface area contributed by atoms with Crippen molar-refractivity contribution in [2.75, 3.05) is 32.7 Å². The molecule has 2 N–H and O–H groups in total. The van der Waals surface area contributed by atoms with Gasteiger partial charge in [0.2, 0.25) is 0 Å². The minimum absolute atomic E-state index is 0.129. The normalized spacial score (nSPS) is 14.6. The average molecular weight is 355 g/mol. The zero-order valence-electron chi connectivity index (χ0n) is 15.1. The molecule has 0 saturated carbocycles. The Labute approximate surface area is 153 Å². The smallest absolute Gasteiger partial charge is 0.290 e. The predicted octanol–water partition coefficient (Wildman–Crippen LogP) is 2.43. The number of nitrogens with one attached hydrogen (secondary N) is 1. The molecule has 2 heterocycles. The number of nitrogens with zero attached hydrogens (tertiary/aromatic N) is 2. The van der Waals surface area contributed by atoms with E-state index in [1.54, 1.807) is 0 Å². The molecule has 1 fully saturated rings. The highest BCUT2D eigenvalue weighted by atomic mass is 16.3. The average Bonchev–Trinajstić information content (AvgIpc) is 2.94. The third-order valence-electron chi connectivity index (χ3n) is 4.30. The van der Waals surface area contributed by atoms with Crippen LogP contribution in [-0.4, -0.2) is 65.0 Å². The summed E-state index contributed by atoms with van der Waals surface area (Å²) in [6.45, 7) is 6.12. The maximum Gasteiger partial charge on any atom is 0.290 e. The summed E-state index contributed by atoms with van der Waals surface area (Å²) in [5, 5.41) is 7.90. The lowest BCUT2D eigenvalue weighted by molar-refractivity contribution is -0.122. The van der Waals surface area contributed by atoms with E-state index in [4.69, 9.17) is 9.90 Å². The topological polar surface area (TPSA) is 76.6 Å². The number of para-hydroxylation sites is 1. The van der Waals surface area contributed by atoms with Gasteiger partial charge >= 0.3 is 0 Å². The van der Waals surface area contributed by atoms with Gasteiger partial charge in [-0.1, -0.05) is 31.0 Å². The van der Waals surface area contributed by atoms with Gasteiger partial charge in [-0.15, -0.1) is 5.92 Å². The fourth-order valence-electron chi connectivity index (χ4n) is 3.04. The van der Waals surface area contributed by atoms with Gasteiger partial charge in [-0.3, -0.25) is 14.5 Å². The number of carbonyl (C=O) groups excluding carboxylic acids is 1. The van der Waals surface area contributed by atoms with Crippen molar-refractivity contribution >= 4 is 23.3 Å². The molecule has 1 aromatic heterocycles. The van der Waals surface area contributed by atoms with E-state index in [9.17, 15) is 4.79 Å². The largest absolute Gasteiger partial charge is 0.483 e. The fourth-order valence-corrected chi connectivity index (χ4v) is 3.04. The van der Waals surface area contributed by atoms with Crippen molar-refractivity contribution in [1.29, 1.82) is 0 Å². The SMILES string of the molecule is CCC#CCN1CCCN(C(=O)c2c[nH]c3ccccc23)CC1.O=CO. The van der Waals surface area contributed by atoms with E-state index in [2.05, 4.69) is 28.6 Å². The minimum Gasteiger partial charge on any atom is -0.483 e. The first-order valence-electron chi connectivity index (χ1n) is 8.82. The second-order valence-electron chi connectivity index (χ2n) is 5.98. The molecule has 1 aliphatic rings. The third kappa shape index (κ3) is 5.11. The lowest BCUT2D eigenvalue weighted by Crippen LogP contribution is -2.35. The van der Waals surface area contributed by atoms with Crippen LogP contribution >= 0.6 is 0 Å². The van der Waals surface area contributed by atoms with Crippen LogP contribution in [0.25, 0.3) is 10.9 Å². The Hall–Kier alpha value is -2.78. The number of aromatic nitrogens is 1. The number of carbonyl (C=O) groups is 2. The monoisotopic (exact) mass is 355 g/mol. The molecule has 138 valence electrons. The number of H-pyrrole nitrogens is 1. The molecular weight excluding hydrogens is 330 g/mol. The first-order chi connectivity index (χ1) is 12.7. The Kier molecular flexibility index (Phi) is 7.72. The number of hydrogen-bond donors (Lipinski definition) is 2. The number of hydrogen-bond acceptors (Lipinski definition) is 3. The molecule has 0 aliphatic carbocycles. The standard InChI is InChI=1S/C19H23N3O.CH2O2/c1-2-3-6-10-21-11-7-12-22(14-13-21)19(23)17-15-20-18-9-5-4-8-16(17)18;2-1-3/h4-5,8-9,15,20H,2,7,10-14H2,1H3;1H,(H,2,3). The van der Waals surface area contributed by atoms with Crippen LogP contribution in [0, 0.1) is 11.8 Å². The molecule has 0 atom stereocenters. The fraction of sp³-hybridized carbons (Fsp3) is 0.400. The summed E-state index contributed by atoms with van der Waals surface area (Å²) in [5.41, 5.74) is 1.79. The van der Waals surface area contributed by atoms with Gasteiger partial charge in [0, 0.05) is 49.7 Å². The molecule has 3 rings (SSSR count). The van der Waals surface area contributed by atoms with Gasteiger partial charge in [-0.25, -0.2) is 0 Å². The maximum absolute atomic E-state index is 12.9. The molecule has 1 saturated heterocycles. The van der Waals surface area contributed by atoms with Crippen LogP contribution in [-0.2, 0) is 4.79 Å². The first-order valence-corrected chi connectivity index (χ1v) is 8.82. The van der Waals surface area contributed by atoms with Crippen molar-refractivity contribution in [3.8, 4) is 11.8 Å². The van der Waals surface area contributed by atoms with Gasteiger partial charge in [-0.2, -0.15) is 0 Å². The van der Waals surface area contributed by atoms with Gasteiger partial charge in [-0.05, 0) is 12.5 Å². The van der Waals surface area contributed by atoms with Crippen LogP contribution in [0.3, 0.4) is 0 Å². The molecule has 1 aromatic carbocycles. The summed E-state index contributed by atoms with van der Waals surface area (Å²) in [7, 11) is 0. The molecule has 1 aliphatic heterocycles. The second kappa shape index (κ2) is 10.3. The summed E-state index contributed by atoms with van der Waals surface area (Å²) < 4.78 is 0. The highest BCUT2D eigenvalue weighted by Gasteiger charge is 2.21. The van der Waals surface area contributed by atoms with E-state index in [-0.39, 0.29) is 12.4 Å². The Balaban J connectivity index is 0.000000758. The van der Waals surface area contributed by atoms with E-state index in [1.165, 1.54) is 0 Å². The summed E-state index contributed by atoms with van der Waals surface area (Å²) in [6.07, 6.45) is 3.74. The van der Waals surface area contributed by atoms with Gasteiger partial charge in [0.15, 0.2) is 0 Å². The van der Waals surface area contributed by atoms with Crippen LogP contribution in [0.4, 0.5) is 0 Å². The molecule has 0 bridgehead atoms. The number of amides is 1. The van der Waals surface area contributed by atoms with Gasteiger partial charge in [0.05, 0.1) is 12.1 Å². The molecule has 6 nitrogen and oxygen atoms in total. The Morgan fingerprint density at radius 1 is 1.23 bits per heavy atom. The molecule has 1 amide bonds. The van der Waals surface area contributed by atoms with Crippen molar-refractivity contribution in [3.63, 3.8) is 0 Å². The highest BCUT2D eigenvalue weighted by Crippen LogP contribution is 2.20. The molecule has 0 radical (unpaired) electrons. The van der Waals surface area contributed by atoms with Crippen LogP contribution in [0.15, 0.2) is 30.5 Å². The zero-order chi connectivity index (χ0) is 18.8. The molecular formula is C20H25N3O3. The van der Waals surface area contributed by atoms with Crippen LogP contribution in [0.5, 0.6) is 0 Å². The van der Waals surface area contributed by atoms with Gasteiger partial charge in [0.1, 0.15) is 0 Å². The molecule has 6 heteroatoms. The van der Waals surface area contributed by atoms with Crippen molar-refractivity contribution in [2.24, 2.45) is 0 Å². The maximum atomic E-state index is 12.9. The first kappa shape index (κ1) is 19.5. The van der Waals surface area contributed by atoms with E-state index in [0.29, 0.717) is 0 Å². The van der Waals surface area contributed by atoms with E-state index in [1.807, 2.05) is 35.4 Å². The number of fused-ring (bicyclic) bond motifs is 1. The molecule has 26 heavy (non-hydrogen) atoms.